The summed E-state index contributed by atoms with van der Waals surface area (Å²) in [6, 6.07) is 9.29. The number of rotatable bonds is 6. The third kappa shape index (κ3) is 4.80. The first kappa shape index (κ1) is 18.5. The number of nitrogens with zero attached hydrogens (tertiary/aromatic N) is 1. The number of carbonyl (C=O) groups is 1. The van der Waals surface area contributed by atoms with Crippen LogP contribution in [-0.4, -0.2) is 25.1 Å². The molecule has 0 saturated heterocycles. The number of nitro groups is 1. The van der Waals surface area contributed by atoms with E-state index in [1.807, 2.05) is 0 Å². The number of non-ortho nitro benzene ring substituents is 1. The Kier molecular flexibility index (Phi) is 6.13. The van der Waals surface area contributed by atoms with Gasteiger partial charge in [0, 0.05) is 30.3 Å². The molecule has 1 N–H and O–H groups in total. The molecule has 0 radical (unpaired) electrons. The van der Waals surface area contributed by atoms with E-state index in [1.165, 1.54) is 38.5 Å². The summed E-state index contributed by atoms with van der Waals surface area (Å²) in [5, 5.41) is 13.4. The maximum atomic E-state index is 12.1. The van der Waals surface area contributed by atoms with Crippen LogP contribution in [0.15, 0.2) is 46.9 Å². The first-order valence-electron chi connectivity index (χ1n) is 7.09. The van der Waals surface area contributed by atoms with Crippen LogP contribution in [0.4, 0.5) is 11.4 Å². The molecule has 0 spiro atoms. The molecular weight excluding hydrogens is 392 g/mol. The second kappa shape index (κ2) is 8.29. The van der Waals surface area contributed by atoms with Gasteiger partial charge in [-0.25, -0.2) is 0 Å². The van der Waals surface area contributed by atoms with Gasteiger partial charge in [-0.2, -0.15) is 0 Å². The number of benzene rings is 2. The molecule has 1 amide bonds. The van der Waals surface area contributed by atoms with Crippen LogP contribution in [0.5, 0.6) is 11.5 Å². The van der Waals surface area contributed by atoms with Gasteiger partial charge in [0.1, 0.15) is 11.5 Å². The van der Waals surface area contributed by atoms with Crippen molar-refractivity contribution in [1.29, 1.82) is 0 Å². The lowest BCUT2D eigenvalue weighted by Crippen LogP contribution is -2.09. The van der Waals surface area contributed by atoms with E-state index in [0.717, 1.165) is 0 Å². The molecule has 0 fully saturated rings. The number of nitrogens with one attached hydrogen (secondary N) is 1. The fourth-order valence-corrected chi connectivity index (χ4v) is 2.53. The second-order valence-corrected chi connectivity index (χ2v) is 5.72. The first-order valence-corrected chi connectivity index (χ1v) is 7.89. The van der Waals surface area contributed by atoms with Crippen LogP contribution in [0.3, 0.4) is 0 Å². The summed E-state index contributed by atoms with van der Waals surface area (Å²) in [6.07, 6.45) is 2.78. The lowest BCUT2D eigenvalue weighted by atomic mass is 10.2. The lowest BCUT2D eigenvalue weighted by molar-refractivity contribution is -0.384. The number of amides is 1. The fraction of sp³-hybridized carbons (Fsp3) is 0.118. The maximum absolute atomic E-state index is 12.1. The monoisotopic (exact) mass is 406 g/mol. The van der Waals surface area contributed by atoms with Gasteiger partial charge in [-0.05, 0) is 27.6 Å². The van der Waals surface area contributed by atoms with Gasteiger partial charge in [0.2, 0.25) is 5.91 Å². The van der Waals surface area contributed by atoms with Gasteiger partial charge in [-0.3, -0.25) is 14.9 Å². The summed E-state index contributed by atoms with van der Waals surface area (Å²) < 4.78 is 11.1. The van der Waals surface area contributed by atoms with E-state index in [0.29, 0.717) is 27.2 Å². The summed E-state index contributed by atoms with van der Waals surface area (Å²) in [6.45, 7) is 0. The summed E-state index contributed by atoms with van der Waals surface area (Å²) in [7, 11) is 3.00. The summed E-state index contributed by atoms with van der Waals surface area (Å²) in [4.78, 5) is 22.4. The molecule has 0 aliphatic rings. The Hall–Kier alpha value is -2.87. The van der Waals surface area contributed by atoms with Crippen molar-refractivity contribution in [3.05, 3.63) is 62.6 Å². The number of carbonyl (C=O) groups excluding carboxylic acids is 1. The van der Waals surface area contributed by atoms with Gasteiger partial charge in [0.25, 0.3) is 5.69 Å². The minimum atomic E-state index is -0.490. The highest BCUT2D eigenvalue weighted by Gasteiger charge is 2.11. The molecule has 7 nitrogen and oxygen atoms in total. The quantitative estimate of drug-likeness (QED) is 0.444. The number of methoxy groups -OCH3 is 2. The highest BCUT2D eigenvalue weighted by molar-refractivity contribution is 9.10. The number of nitro benzene ring substituents is 1. The molecule has 0 aliphatic heterocycles. The predicted molar refractivity (Wildman–Crippen MR) is 98.0 cm³/mol. The van der Waals surface area contributed by atoms with E-state index in [1.54, 1.807) is 24.3 Å². The molecule has 0 unspecified atom stereocenters. The van der Waals surface area contributed by atoms with E-state index in [2.05, 4.69) is 21.2 Å². The highest BCUT2D eigenvalue weighted by Crippen LogP contribution is 2.36. The second-order valence-electron chi connectivity index (χ2n) is 4.86. The number of anilines is 1. The summed E-state index contributed by atoms with van der Waals surface area (Å²) in [5.41, 5.74) is 0.947. The largest absolute Gasteiger partial charge is 0.495 e. The van der Waals surface area contributed by atoms with Crippen molar-refractivity contribution in [2.45, 2.75) is 0 Å². The molecule has 0 aliphatic carbocycles. The van der Waals surface area contributed by atoms with E-state index in [9.17, 15) is 14.9 Å². The van der Waals surface area contributed by atoms with Gasteiger partial charge in [0.05, 0.1) is 29.3 Å². The van der Waals surface area contributed by atoms with Crippen molar-refractivity contribution >= 4 is 39.3 Å². The molecular formula is C17H15BrN2O5. The standard InChI is InChI=1S/C17H15BrN2O5/c1-24-15-10-14(16(25-2)9-13(15)18)19-17(21)7-6-11-4-3-5-12(8-11)20(22)23/h3-10H,1-2H3,(H,19,21)/b7-6+. The molecule has 0 atom stereocenters. The van der Waals surface area contributed by atoms with E-state index < -0.39 is 10.8 Å². The van der Waals surface area contributed by atoms with Crippen LogP contribution in [0.1, 0.15) is 5.56 Å². The average molecular weight is 407 g/mol. The SMILES string of the molecule is COc1cc(NC(=O)/C=C/c2cccc([N+](=O)[O-])c2)c(OC)cc1Br. The number of halogens is 1. The molecule has 0 bridgehead atoms. The molecule has 2 rings (SSSR count). The normalized spacial score (nSPS) is 10.5. The van der Waals surface area contributed by atoms with Crippen LogP contribution in [-0.2, 0) is 4.79 Å². The smallest absolute Gasteiger partial charge is 0.270 e. The topological polar surface area (TPSA) is 90.7 Å². The van der Waals surface area contributed by atoms with Crippen LogP contribution < -0.4 is 14.8 Å². The van der Waals surface area contributed by atoms with E-state index >= 15 is 0 Å². The Bertz CT molecular complexity index is 836. The third-order valence-corrected chi connectivity index (χ3v) is 3.86. The van der Waals surface area contributed by atoms with Crippen molar-refractivity contribution in [2.24, 2.45) is 0 Å². The molecule has 2 aromatic rings. The zero-order chi connectivity index (χ0) is 18.4. The lowest BCUT2D eigenvalue weighted by Gasteiger charge is -2.12. The zero-order valence-corrected chi connectivity index (χ0v) is 15.1. The maximum Gasteiger partial charge on any atom is 0.270 e. The minimum absolute atomic E-state index is 0.0399. The molecule has 2 aromatic carbocycles. The molecule has 130 valence electrons. The number of hydrogen-bond donors (Lipinski definition) is 1. The third-order valence-electron chi connectivity index (χ3n) is 3.24. The van der Waals surface area contributed by atoms with Crippen molar-refractivity contribution in [2.75, 3.05) is 19.5 Å². The number of hydrogen-bond acceptors (Lipinski definition) is 5. The van der Waals surface area contributed by atoms with Crippen LogP contribution in [0, 0.1) is 10.1 Å². The van der Waals surface area contributed by atoms with Crippen LogP contribution >= 0.6 is 15.9 Å². The van der Waals surface area contributed by atoms with Gasteiger partial charge < -0.3 is 14.8 Å². The van der Waals surface area contributed by atoms with Crippen molar-refractivity contribution in [3.8, 4) is 11.5 Å². The molecule has 8 heteroatoms. The van der Waals surface area contributed by atoms with Gasteiger partial charge in [-0.1, -0.05) is 12.1 Å². The molecule has 0 heterocycles. The highest BCUT2D eigenvalue weighted by atomic mass is 79.9. The van der Waals surface area contributed by atoms with Gasteiger partial charge in [0.15, 0.2) is 0 Å². The Labute approximate surface area is 152 Å². The van der Waals surface area contributed by atoms with Gasteiger partial charge >= 0.3 is 0 Å². The van der Waals surface area contributed by atoms with Crippen LogP contribution in [0.25, 0.3) is 6.08 Å². The van der Waals surface area contributed by atoms with Crippen molar-refractivity contribution in [3.63, 3.8) is 0 Å². The minimum Gasteiger partial charge on any atom is -0.495 e. The molecule has 0 saturated carbocycles. The average Bonchev–Trinajstić information content (AvgIpc) is 2.61. The van der Waals surface area contributed by atoms with Gasteiger partial charge in [-0.15, -0.1) is 0 Å². The van der Waals surface area contributed by atoms with E-state index in [-0.39, 0.29) is 5.69 Å². The predicted octanol–water partition coefficient (Wildman–Crippen LogP) is 4.03. The summed E-state index contributed by atoms with van der Waals surface area (Å²) in [5.74, 6) is 0.595. The first-order chi connectivity index (χ1) is 11.9. The Morgan fingerprint density at radius 2 is 1.92 bits per heavy atom. The summed E-state index contributed by atoms with van der Waals surface area (Å²) >= 11 is 3.34. The van der Waals surface area contributed by atoms with E-state index in [4.69, 9.17) is 9.47 Å². The van der Waals surface area contributed by atoms with Crippen LogP contribution in [0.2, 0.25) is 0 Å². The molecule has 25 heavy (non-hydrogen) atoms. The Balaban J connectivity index is 2.17. The number of ether oxygens (including phenoxy) is 2. The van der Waals surface area contributed by atoms with Crippen molar-refractivity contribution in [1.82, 2.24) is 0 Å². The zero-order valence-electron chi connectivity index (χ0n) is 13.5. The van der Waals surface area contributed by atoms with Crippen molar-refractivity contribution < 1.29 is 19.2 Å². The molecule has 0 aromatic heterocycles. The fourth-order valence-electron chi connectivity index (χ4n) is 2.05. The Morgan fingerprint density at radius 3 is 2.56 bits per heavy atom. The Morgan fingerprint density at radius 1 is 1.20 bits per heavy atom.